The Bertz CT molecular complexity index is 1320. The Balaban J connectivity index is 1.46. The van der Waals surface area contributed by atoms with Gasteiger partial charge in [-0.05, 0) is 49.2 Å². The van der Waals surface area contributed by atoms with Crippen molar-refractivity contribution in [1.82, 2.24) is 9.88 Å². The van der Waals surface area contributed by atoms with Crippen LogP contribution in [-0.2, 0) is 10.0 Å². The zero-order valence-electron chi connectivity index (χ0n) is 17.7. The number of likely N-dealkylation sites (tertiary alicyclic amines) is 1. The monoisotopic (exact) mass is 506 g/mol. The molecule has 2 heterocycles. The topological polar surface area (TPSA) is 103 Å². The third-order valence-corrected chi connectivity index (χ3v) is 8.46. The molecule has 8 nitrogen and oxygen atoms in total. The number of carboxylic acid groups (broad SMARTS) is 1. The maximum atomic E-state index is 15.0. The quantitative estimate of drug-likeness (QED) is 0.504. The fraction of sp³-hybridized carbons (Fsp3) is 0.273. The van der Waals surface area contributed by atoms with Gasteiger partial charge in [-0.2, -0.15) is 0 Å². The second-order valence-electron chi connectivity index (χ2n) is 8.13. The molecule has 1 aromatic heterocycles. The Morgan fingerprint density at radius 3 is 2.41 bits per heavy atom. The Hall–Kier alpha value is -3.09. The lowest BCUT2D eigenvalue weighted by Crippen LogP contribution is -2.39. The number of thiazole rings is 1. The van der Waals surface area contributed by atoms with E-state index in [1.807, 2.05) is 18.2 Å². The van der Waals surface area contributed by atoms with E-state index in [1.165, 1.54) is 11.1 Å². The van der Waals surface area contributed by atoms with Crippen LogP contribution in [0.15, 0.2) is 52.2 Å². The number of halogens is 2. The highest BCUT2D eigenvalue weighted by Gasteiger charge is 2.39. The number of aromatic nitrogens is 1. The first kappa shape index (κ1) is 22.7. The van der Waals surface area contributed by atoms with Gasteiger partial charge in [0.05, 0.1) is 11.6 Å². The molecule has 5 rings (SSSR count). The molecule has 1 fully saturated rings. The van der Waals surface area contributed by atoms with Crippen molar-refractivity contribution in [3.05, 3.63) is 70.1 Å². The summed E-state index contributed by atoms with van der Waals surface area (Å²) < 4.78 is 55.7. The number of benzene rings is 2. The van der Waals surface area contributed by atoms with Gasteiger partial charge in [-0.1, -0.05) is 24.3 Å². The summed E-state index contributed by atoms with van der Waals surface area (Å²) in [5.74, 6) is -3.25. The maximum Gasteiger partial charge on any atom is 0.427 e. The van der Waals surface area contributed by atoms with Gasteiger partial charge in [-0.15, -0.1) is 15.6 Å². The number of nitrogens with zero attached hydrogens (tertiary/aromatic N) is 3. The van der Waals surface area contributed by atoms with Crippen LogP contribution in [0, 0.1) is 11.6 Å². The van der Waals surface area contributed by atoms with Gasteiger partial charge in [-0.3, -0.25) is 4.90 Å². The molecular weight excluding hydrogens is 486 g/mol. The summed E-state index contributed by atoms with van der Waals surface area (Å²) in [5.41, 5.74) is 3.47. The zero-order valence-corrected chi connectivity index (χ0v) is 19.3. The van der Waals surface area contributed by atoms with Crippen molar-refractivity contribution in [3.8, 4) is 0 Å². The van der Waals surface area contributed by atoms with E-state index < -0.39 is 38.5 Å². The molecule has 2 aromatic carbocycles. The molecule has 0 radical (unpaired) electrons. The summed E-state index contributed by atoms with van der Waals surface area (Å²) in [5, 5.41) is 13.7. The Morgan fingerprint density at radius 2 is 1.85 bits per heavy atom. The van der Waals surface area contributed by atoms with Crippen LogP contribution in [0.1, 0.15) is 36.1 Å². The van der Waals surface area contributed by atoms with E-state index >= 15 is 8.78 Å². The fourth-order valence-corrected chi connectivity index (χ4v) is 6.49. The van der Waals surface area contributed by atoms with Crippen molar-refractivity contribution < 1.29 is 27.1 Å². The van der Waals surface area contributed by atoms with E-state index in [0.29, 0.717) is 6.42 Å². The van der Waals surface area contributed by atoms with E-state index in [-0.39, 0.29) is 22.1 Å². The van der Waals surface area contributed by atoms with Gasteiger partial charge in [-0.25, -0.2) is 27.0 Å². The molecule has 1 amide bonds. The van der Waals surface area contributed by atoms with E-state index in [9.17, 15) is 18.3 Å². The number of nitrogens with one attached hydrogen (secondary N) is 1. The smallest absolute Gasteiger partial charge is 0.427 e. The van der Waals surface area contributed by atoms with Crippen LogP contribution in [0.25, 0.3) is 0 Å². The van der Waals surface area contributed by atoms with Crippen LogP contribution in [0.2, 0.25) is 0 Å². The van der Waals surface area contributed by atoms with Gasteiger partial charge in [0.2, 0.25) is 0 Å². The van der Waals surface area contributed by atoms with E-state index in [4.69, 9.17) is 0 Å². The molecule has 0 unspecified atom stereocenters. The Labute approximate surface area is 198 Å². The largest absolute Gasteiger partial charge is 0.464 e. The molecule has 1 saturated heterocycles. The van der Waals surface area contributed by atoms with Gasteiger partial charge < -0.3 is 10.4 Å². The minimum Gasteiger partial charge on any atom is -0.464 e. The van der Waals surface area contributed by atoms with Crippen LogP contribution >= 0.6 is 11.3 Å². The lowest BCUT2D eigenvalue weighted by molar-refractivity contribution is 0.116. The normalized spacial score (nSPS) is 19.9. The molecule has 2 atom stereocenters. The minimum absolute atomic E-state index is 0.0635. The van der Waals surface area contributed by atoms with E-state index in [0.717, 1.165) is 53.9 Å². The molecule has 2 aliphatic rings. The number of carbonyl (C=O) groups is 1. The Morgan fingerprint density at radius 1 is 1.18 bits per heavy atom. The van der Waals surface area contributed by atoms with Crippen molar-refractivity contribution in [2.45, 2.75) is 29.8 Å². The van der Waals surface area contributed by atoms with Crippen molar-refractivity contribution in [2.24, 2.45) is 0 Å². The first-order valence-electron chi connectivity index (χ1n) is 10.5. The number of hydrogen-bond acceptors (Lipinski definition) is 7. The number of anilines is 2. The first-order valence-corrected chi connectivity index (χ1v) is 12.9. The van der Waals surface area contributed by atoms with Crippen molar-refractivity contribution in [1.29, 1.82) is 0 Å². The number of rotatable bonds is 6. The molecule has 1 aliphatic heterocycles. The number of hydrogen-bond donors (Lipinski definition) is 2. The molecule has 2 N–H and O–H groups in total. The molecule has 0 spiro atoms. The predicted molar refractivity (Wildman–Crippen MR) is 123 cm³/mol. The molecule has 1 aliphatic carbocycles. The first-order chi connectivity index (χ1) is 16.3. The van der Waals surface area contributed by atoms with E-state index in [2.05, 4.69) is 21.3 Å². The van der Waals surface area contributed by atoms with Gasteiger partial charge in [0, 0.05) is 17.1 Å². The van der Waals surface area contributed by atoms with Crippen LogP contribution in [0.3, 0.4) is 0 Å². The fourth-order valence-electron chi connectivity index (χ4n) is 4.56. The van der Waals surface area contributed by atoms with Crippen LogP contribution in [0.5, 0.6) is 0 Å². The predicted octanol–water partition coefficient (Wildman–Crippen LogP) is 4.60. The van der Waals surface area contributed by atoms with Crippen molar-refractivity contribution in [2.75, 3.05) is 22.7 Å². The van der Waals surface area contributed by atoms with Gasteiger partial charge in [0.1, 0.15) is 11.6 Å². The average molecular weight is 507 g/mol. The minimum atomic E-state index is -5.10. The second-order valence-corrected chi connectivity index (χ2v) is 10.6. The summed E-state index contributed by atoms with van der Waals surface area (Å²) in [6.07, 6.45) is -0.0807. The summed E-state index contributed by atoms with van der Waals surface area (Å²) in [4.78, 5) is 16.3. The zero-order chi connectivity index (χ0) is 24.0. The van der Waals surface area contributed by atoms with Crippen LogP contribution < -0.4 is 9.62 Å². The van der Waals surface area contributed by atoms with Crippen LogP contribution in [-0.4, -0.2) is 42.6 Å². The summed E-state index contributed by atoms with van der Waals surface area (Å²) in [7, 11) is -5.10. The molecule has 34 heavy (non-hydrogen) atoms. The average Bonchev–Trinajstić information content (AvgIpc) is 3.35. The van der Waals surface area contributed by atoms with Crippen LogP contribution in [0.4, 0.5) is 25.1 Å². The molecular formula is C22H20F2N4O4S2. The highest BCUT2D eigenvalue weighted by Crippen LogP contribution is 2.45. The van der Waals surface area contributed by atoms with Crippen molar-refractivity contribution in [3.63, 3.8) is 0 Å². The molecule has 178 valence electrons. The molecule has 0 bridgehead atoms. The standard InChI is InChI=1S/C22H20F2N4O4S2/c23-16-8-13(26-18-10-19(27-6-3-7-27)15-5-2-1-4-14(15)18)9-17(24)21(16)34(31,32)28(22(29)30)20-11-33-12-25-20/h1-2,4-5,8-9,11-12,18-19,26H,3,6-7,10H2,(H,29,30)/t18-,19+/m1/s1. The van der Waals surface area contributed by atoms with Gasteiger partial charge >= 0.3 is 6.09 Å². The lowest BCUT2D eigenvalue weighted by Gasteiger charge is -2.37. The lowest BCUT2D eigenvalue weighted by atomic mass is 10.0. The van der Waals surface area contributed by atoms with E-state index in [1.54, 1.807) is 0 Å². The SMILES string of the molecule is O=C(O)N(c1cscn1)S(=O)(=O)c1c(F)cc(N[C@@H]2C[C@H](N3CCC3)c3ccccc32)cc1F. The number of sulfonamides is 1. The summed E-state index contributed by atoms with van der Waals surface area (Å²) >= 11 is 0.946. The third kappa shape index (κ3) is 3.81. The highest BCUT2D eigenvalue weighted by molar-refractivity contribution is 7.93. The maximum absolute atomic E-state index is 15.0. The number of fused-ring (bicyclic) bond motifs is 1. The molecule has 0 saturated carbocycles. The number of amides is 1. The van der Waals surface area contributed by atoms with Crippen molar-refractivity contribution >= 4 is 39.0 Å². The molecule has 12 heteroatoms. The highest BCUT2D eigenvalue weighted by atomic mass is 32.2. The second kappa shape index (κ2) is 8.60. The Kier molecular flexibility index (Phi) is 5.74. The summed E-state index contributed by atoms with van der Waals surface area (Å²) in [6.45, 7) is 2.00. The van der Waals surface area contributed by atoms with Gasteiger partial charge in [0.25, 0.3) is 10.0 Å². The van der Waals surface area contributed by atoms with Gasteiger partial charge in [0.15, 0.2) is 10.7 Å². The summed E-state index contributed by atoms with van der Waals surface area (Å²) in [6, 6.07) is 9.62. The third-order valence-electron chi connectivity index (χ3n) is 6.16. The molecule has 3 aromatic rings.